The van der Waals surface area contributed by atoms with Gasteiger partial charge in [0.05, 0.1) is 18.2 Å². The molecule has 4 nitrogen and oxygen atoms in total. The highest BCUT2D eigenvalue weighted by Gasteiger charge is 2.34. The van der Waals surface area contributed by atoms with Crippen LogP contribution in [0, 0.1) is 5.92 Å². The summed E-state index contributed by atoms with van der Waals surface area (Å²) in [5.41, 5.74) is 3.76. The van der Waals surface area contributed by atoms with Crippen molar-refractivity contribution in [3.8, 4) is 0 Å². The molecule has 1 N–H and O–H groups in total. The van der Waals surface area contributed by atoms with Gasteiger partial charge in [0.2, 0.25) is 0 Å². The Labute approximate surface area is 101 Å². The summed E-state index contributed by atoms with van der Waals surface area (Å²) in [5.74, 6) is 0.648. The van der Waals surface area contributed by atoms with Crippen LogP contribution in [0.3, 0.4) is 0 Å². The number of ether oxygens (including phenoxy) is 1. The lowest BCUT2D eigenvalue weighted by atomic mass is 9.86. The average molecular weight is 234 g/mol. The van der Waals surface area contributed by atoms with Crippen LogP contribution in [0.25, 0.3) is 0 Å². The van der Waals surface area contributed by atoms with Crippen LogP contribution in [-0.4, -0.2) is 22.8 Å². The summed E-state index contributed by atoms with van der Waals surface area (Å²) < 4.78 is 5.12. The molecule has 0 bridgehead atoms. The van der Waals surface area contributed by atoms with E-state index in [-0.39, 0.29) is 11.9 Å². The smallest absolute Gasteiger partial charge is 0.309 e. The van der Waals surface area contributed by atoms with Crippen LogP contribution < -0.4 is 0 Å². The van der Waals surface area contributed by atoms with E-state index in [0.29, 0.717) is 12.5 Å². The van der Waals surface area contributed by atoms with Gasteiger partial charge in [-0.2, -0.15) is 5.10 Å². The lowest BCUT2D eigenvalue weighted by Crippen LogP contribution is -2.24. The number of esters is 1. The van der Waals surface area contributed by atoms with Gasteiger partial charge in [0, 0.05) is 11.6 Å². The van der Waals surface area contributed by atoms with Crippen LogP contribution in [0.4, 0.5) is 0 Å². The molecular weight excluding hydrogens is 216 g/mol. The van der Waals surface area contributed by atoms with Crippen LogP contribution in [0.2, 0.25) is 0 Å². The molecule has 1 unspecified atom stereocenters. The maximum absolute atomic E-state index is 11.8. The van der Waals surface area contributed by atoms with Gasteiger partial charge in [-0.25, -0.2) is 0 Å². The zero-order valence-corrected chi connectivity index (χ0v) is 10.2. The quantitative estimate of drug-likeness (QED) is 0.813. The third kappa shape index (κ3) is 1.96. The number of H-pyrrole nitrogens is 1. The first kappa shape index (κ1) is 10.8. The van der Waals surface area contributed by atoms with Gasteiger partial charge in [-0.05, 0) is 44.6 Å². The minimum atomic E-state index is -0.0407. The maximum Gasteiger partial charge on any atom is 0.309 e. The van der Waals surface area contributed by atoms with Gasteiger partial charge < -0.3 is 4.74 Å². The Balaban J connectivity index is 1.78. The molecular formula is C13H18N2O2. The lowest BCUT2D eigenvalue weighted by molar-refractivity contribution is -0.148. The summed E-state index contributed by atoms with van der Waals surface area (Å²) >= 11 is 0. The number of carbonyl (C=O) groups is 1. The topological polar surface area (TPSA) is 55.0 Å². The molecule has 92 valence electrons. The molecule has 1 aromatic rings. The minimum Gasteiger partial charge on any atom is -0.466 e. The standard InChI is InChI=1S/C13H18N2O2/c1-2-17-13(16)9-5-6-11-10(7-9)12(15-14-11)8-3-4-8/h8-9H,2-7H2,1H3,(H,14,15). The van der Waals surface area contributed by atoms with Crippen LogP contribution in [0.1, 0.15) is 49.1 Å². The Morgan fingerprint density at radius 2 is 2.29 bits per heavy atom. The highest BCUT2D eigenvalue weighted by atomic mass is 16.5. The van der Waals surface area contributed by atoms with Crippen molar-refractivity contribution in [1.82, 2.24) is 10.2 Å². The fourth-order valence-electron chi connectivity index (χ4n) is 2.67. The number of hydrogen-bond donors (Lipinski definition) is 1. The highest BCUT2D eigenvalue weighted by Crippen LogP contribution is 2.43. The van der Waals surface area contributed by atoms with Crippen molar-refractivity contribution >= 4 is 5.97 Å². The fourth-order valence-corrected chi connectivity index (χ4v) is 2.67. The van der Waals surface area contributed by atoms with E-state index < -0.39 is 0 Å². The summed E-state index contributed by atoms with van der Waals surface area (Å²) in [5, 5.41) is 7.56. The van der Waals surface area contributed by atoms with Gasteiger partial charge in [-0.15, -0.1) is 0 Å². The molecule has 0 aromatic carbocycles. The van der Waals surface area contributed by atoms with E-state index >= 15 is 0 Å². The highest BCUT2D eigenvalue weighted by molar-refractivity contribution is 5.73. The number of aromatic amines is 1. The van der Waals surface area contributed by atoms with Gasteiger partial charge in [0.15, 0.2) is 0 Å². The molecule has 2 aliphatic rings. The van der Waals surface area contributed by atoms with Crippen molar-refractivity contribution < 1.29 is 9.53 Å². The molecule has 1 fully saturated rings. The average Bonchev–Trinajstić information content (AvgIpc) is 3.09. The predicted octanol–water partition coefficient (Wildman–Crippen LogP) is 1.96. The normalized spacial score (nSPS) is 23.2. The van der Waals surface area contributed by atoms with E-state index in [2.05, 4.69) is 10.2 Å². The molecule has 0 saturated heterocycles. The zero-order valence-electron chi connectivity index (χ0n) is 10.2. The van der Waals surface area contributed by atoms with Crippen LogP contribution in [0.5, 0.6) is 0 Å². The second kappa shape index (κ2) is 4.17. The number of hydrogen-bond acceptors (Lipinski definition) is 3. The summed E-state index contributed by atoms with van der Waals surface area (Å²) in [4.78, 5) is 11.8. The van der Waals surface area contributed by atoms with Gasteiger partial charge in [0.1, 0.15) is 0 Å². The monoisotopic (exact) mass is 234 g/mol. The van der Waals surface area contributed by atoms with E-state index in [0.717, 1.165) is 19.3 Å². The van der Waals surface area contributed by atoms with E-state index in [9.17, 15) is 4.79 Å². The number of nitrogens with zero attached hydrogens (tertiary/aromatic N) is 1. The number of carbonyl (C=O) groups excluding carboxylic acids is 1. The first-order valence-corrected chi connectivity index (χ1v) is 6.52. The van der Waals surface area contributed by atoms with Crippen LogP contribution >= 0.6 is 0 Å². The molecule has 0 aliphatic heterocycles. The summed E-state index contributed by atoms with van der Waals surface area (Å²) in [6.45, 7) is 2.34. The number of aryl methyl sites for hydroxylation is 1. The first-order chi connectivity index (χ1) is 8.29. The second-order valence-electron chi connectivity index (χ2n) is 5.03. The largest absolute Gasteiger partial charge is 0.466 e. The Morgan fingerprint density at radius 3 is 3.00 bits per heavy atom. The summed E-state index contributed by atoms with van der Waals surface area (Å²) in [6.07, 6.45) is 5.13. The Morgan fingerprint density at radius 1 is 1.47 bits per heavy atom. The second-order valence-corrected chi connectivity index (χ2v) is 5.03. The van der Waals surface area contributed by atoms with E-state index in [4.69, 9.17) is 4.74 Å². The van der Waals surface area contributed by atoms with Crippen molar-refractivity contribution in [2.75, 3.05) is 6.61 Å². The molecule has 0 radical (unpaired) electrons. The lowest BCUT2D eigenvalue weighted by Gasteiger charge is -2.20. The molecule has 3 rings (SSSR count). The van der Waals surface area contributed by atoms with Crippen molar-refractivity contribution in [1.29, 1.82) is 0 Å². The third-order valence-corrected chi connectivity index (χ3v) is 3.76. The molecule has 0 spiro atoms. The Hall–Kier alpha value is -1.32. The van der Waals surface area contributed by atoms with E-state index in [1.807, 2.05) is 6.92 Å². The van der Waals surface area contributed by atoms with Gasteiger partial charge in [-0.1, -0.05) is 0 Å². The van der Waals surface area contributed by atoms with Crippen molar-refractivity contribution in [3.63, 3.8) is 0 Å². The Kier molecular flexibility index (Phi) is 2.65. The molecule has 1 heterocycles. The molecule has 4 heteroatoms. The minimum absolute atomic E-state index is 0.0394. The van der Waals surface area contributed by atoms with Crippen LogP contribution in [-0.2, 0) is 22.4 Å². The number of rotatable bonds is 3. The number of aromatic nitrogens is 2. The molecule has 1 aromatic heterocycles. The predicted molar refractivity (Wildman–Crippen MR) is 62.7 cm³/mol. The molecule has 2 aliphatic carbocycles. The van der Waals surface area contributed by atoms with Gasteiger partial charge >= 0.3 is 5.97 Å². The van der Waals surface area contributed by atoms with Crippen molar-refractivity contribution in [2.45, 2.75) is 44.9 Å². The third-order valence-electron chi connectivity index (χ3n) is 3.76. The fraction of sp³-hybridized carbons (Fsp3) is 0.692. The first-order valence-electron chi connectivity index (χ1n) is 6.52. The number of nitrogens with one attached hydrogen (secondary N) is 1. The number of fused-ring (bicyclic) bond motifs is 1. The zero-order chi connectivity index (χ0) is 11.8. The summed E-state index contributed by atoms with van der Waals surface area (Å²) in [7, 11) is 0. The molecule has 0 amide bonds. The van der Waals surface area contributed by atoms with Crippen molar-refractivity contribution in [3.05, 3.63) is 17.0 Å². The molecule has 1 atom stereocenters. The summed E-state index contributed by atoms with van der Waals surface area (Å²) in [6, 6.07) is 0. The van der Waals surface area contributed by atoms with Gasteiger partial charge in [0.25, 0.3) is 0 Å². The van der Waals surface area contributed by atoms with E-state index in [1.54, 1.807) is 0 Å². The molecule has 17 heavy (non-hydrogen) atoms. The SMILES string of the molecule is CCOC(=O)C1CCc2[nH]nc(C3CC3)c2C1. The van der Waals surface area contributed by atoms with Gasteiger partial charge in [-0.3, -0.25) is 9.89 Å². The maximum atomic E-state index is 11.8. The van der Waals surface area contributed by atoms with Crippen LogP contribution in [0.15, 0.2) is 0 Å². The molecule has 1 saturated carbocycles. The van der Waals surface area contributed by atoms with E-state index in [1.165, 1.54) is 29.8 Å². The Bertz CT molecular complexity index is 435. The van der Waals surface area contributed by atoms with Crippen molar-refractivity contribution in [2.24, 2.45) is 5.92 Å².